The fourth-order valence-corrected chi connectivity index (χ4v) is 4.81. The molecule has 150 valence electrons. The fourth-order valence-electron chi connectivity index (χ4n) is 3.32. The minimum Gasteiger partial charge on any atom is -0.324 e. The number of hydrogen-bond acceptors (Lipinski definition) is 3. The van der Waals surface area contributed by atoms with Crippen molar-refractivity contribution in [1.29, 1.82) is 0 Å². The highest BCUT2D eigenvalue weighted by Gasteiger charge is 2.29. The Morgan fingerprint density at radius 1 is 1.07 bits per heavy atom. The van der Waals surface area contributed by atoms with Gasteiger partial charge >= 0.3 is 0 Å². The molecule has 5 nitrogen and oxygen atoms in total. The van der Waals surface area contributed by atoms with E-state index in [1.165, 1.54) is 10.4 Å². The van der Waals surface area contributed by atoms with Gasteiger partial charge in [-0.1, -0.05) is 18.2 Å². The van der Waals surface area contributed by atoms with E-state index in [0.29, 0.717) is 32.4 Å². The van der Waals surface area contributed by atoms with E-state index < -0.39 is 21.7 Å². The fraction of sp³-hybridized carbons (Fsp3) is 0.350. The first-order chi connectivity index (χ1) is 13.4. The molecule has 0 radical (unpaired) electrons. The van der Waals surface area contributed by atoms with E-state index in [4.69, 9.17) is 0 Å². The first-order valence-electron chi connectivity index (χ1n) is 9.16. The molecule has 1 aliphatic rings. The summed E-state index contributed by atoms with van der Waals surface area (Å²) in [7, 11) is -3.48. The van der Waals surface area contributed by atoms with Gasteiger partial charge in [0.2, 0.25) is 15.9 Å². The van der Waals surface area contributed by atoms with E-state index in [1.807, 2.05) is 0 Å². The van der Waals surface area contributed by atoms with Crippen LogP contribution in [0.4, 0.5) is 14.5 Å². The van der Waals surface area contributed by atoms with Crippen LogP contribution >= 0.6 is 0 Å². The number of sulfonamides is 1. The number of hydrogen-bond donors (Lipinski definition) is 1. The lowest BCUT2D eigenvalue weighted by Gasteiger charge is -2.31. The van der Waals surface area contributed by atoms with Crippen molar-refractivity contribution in [3.63, 3.8) is 0 Å². The summed E-state index contributed by atoms with van der Waals surface area (Å²) in [5.41, 5.74) is -0.0461. The van der Waals surface area contributed by atoms with Crippen molar-refractivity contribution in [2.75, 3.05) is 18.4 Å². The first kappa shape index (κ1) is 20.4. The van der Waals surface area contributed by atoms with Crippen LogP contribution in [-0.4, -0.2) is 31.7 Å². The van der Waals surface area contributed by atoms with Crippen LogP contribution in [0.3, 0.4) is 0 Å². The van der Waals surface area contributed by atoms with E-state index in [1.54, 1.807) is 30.3 Å². The highest BCUT2D eigenvalue weighted by Crippen LogP contribution is 2.26. The van der Waals surface area contributed by atoms with Gasteiger partial charge in [0.25, 0.3) is 0 Å². The molecule has 0 aliphatic carbocycles. The highest BCUT2D eigenvalue weighted by atomic mass is 32.2. The Bertz CT molecular complexity index is 928. The van der Waals surface area contributed by atoms with E-state index in [2.05, 4.69) is 5.32 Å². The number of piperidine rings is 1. The second-order valence-corrected chi connectivity index (χ2v) is 8.81. The van der Waals surface area contributed by atoms with Crippen molar-refractivity contribution >= 4 is 21.6 Å². The topological polar surface area (TPSA) is 66.5 Å². The summed E-state index contributed by atoms with van der Waals surface area (Å²) in [6, 6.07) is 11.3. The van der Waals surface area contributed by atoms with Crippen LogP contribution in [-0.2, 0) is 14.8 Å². The summed E-state index contributed by atoms with van der Waals surface area (Å²) in [5.74, 6) is -1.63. The number of halogens is 2. The predicted molar refractivity (Wildman–Crippen MR) is 102 cm³/mol. The third-order valence-electron chi connectivity index (χ3n) is 4.94. The van der Waals surface area contributed by atoms with Gasteiger partial charge in [0.15, 0.2) is 0 Å². The van der Waals surface area contributed by atoms with Crippen molar-refractivity contribution in [1.82, 2.24) is 4.31 Å². The minimum absolute atomic E-state index is 0.0461. The molecule has 1 heterocycles. The molecule has 1 aliphatic heterocycles. The summed E-state index contributed by atoms with van der Waals surface area (Å²) in [5, 5.41) is 2.44. The summed E-state index contributed by atoms with van der Waals surface area (Å²) < 4.78 is 53.2. The third-order valence-corrected chi connectivity index (χ3v) is 6.85. The molecule has 1 saturated heterocycles. The quantitative estimate of drug-likeness (QED) is 0.791. The molecule has 0 bridgehead atoms. The van der Waals surface area contributed by atoms with Crippen LogP contribution in [0.1, 0.15) is 25.7 Å². The maximum atomic E-state index is 13.6. The molecule has 1 amide bonds. The molecule has 0 saturated carbocycles. The molecule has 1 N–H and O–H groups in total. The highest BCUT2D eigenvalue weighted by molar-refractivity contribution is 7.89. The van der Waals surface area contributed by atoms with E-state index in [-0.39, 0.29) is 28.8 Å². The summed E-state index contributed by atoms with van der Waals surface area (Å²) in [6.07, 6.45) is 2.13. The Labute approximate surface area is 163 Å². The Morgan fingerprint density at radius 3 is 2.39 bits per heavy atom. The zero-order valence-corrected chi connectivity index (χ0v) is 16.1. The summed E-state index contributed by atoms with van der Waals surface area (Å²) in [4.78, 5) is 12.3. The van der Waals surface area contributed by atoms with Crippen molar-refractivity contribution in [3.8, 4) is 0 Å². The molecule has 8 heteroatoms. The van der Waals surface area contributed by atoms with Crippen LogP contribution in [0.25, 0.3) is 0 Å². The average Bonchev–Trinajstić information content (AvgIpc) is 2.69. The van der Waals surface area contributed by atoms with E-state index in [0.717, 1.165) is 12.1 Å². The van der Waals surface area contributed by atoms with Crippen molar-refractivity contribution in [2.45, 2.75) is 30.6 Å². The van der Waals surface area contributed by atoms with Crippen molar-refractivity contribution < 1.29 is 22.0 Å². The van der Waals surface area contributed by atoms with Crippen LogP contribution < -0.4 is 5.32 Å². The van der Waals surface area contributed by atoms with Gasteiger partial charge in [-0.05, 0) is 49.4 Å². The summed E-state index contributed by atoms with van der Waals surface area (Å²) >= 11 is 0. The number of rotatable bonds is 6. The standard InChI is InChI=1S/C20H22F2N2O3S/c21-16-7-8-19(18(22)14-16)23-20(25)9-6-15-10-12-24(13-11-15)28(26,27)17-4-2-1-3-5-17/h1-5,7-8,14-15H,6,9-13H2,(H,23,25). The van der Waals surface area contributed by atoms with Gasteiger partial charge in [0, 0.05) is 25.6 Å². The molecule has 0 spiro atoms. The minimum atomic E-state index is -3.48. The van der Waals surface area contributed by atoms with Gasteiger partial charge in [-0.25, -0.2) is 17.2 Å². The Morgan fingerprint density at radius 2 is 1.75 bits per heavy atom. The normalized spacial score (nSPS) is 16.1. The zero-order valence-electron chi connectivity index (χ0n) is 15.3. The maximum absolute atomic E-state index is 13.6. The lowest BCUT2D eigenvalue weighted by Crippen LogP contribution is -2.38. The lowest BCUT2D eigenvalue weighted by molar-refractivity contribution is -0.116. The number of nitrogens with one attached hydrogen (secondary N) is 1. The number of nitrogens with zero attached hydrogens (tertiary/aromatic N) is 1. The predicted octanol–water partition coefficient (Wildman–Crippen LogP) is 3.78. The van der Waals surface area contributed by atoms with Gasteiger partial charge in [-0.15, -0.1) is 0 Å². The third kappa shape index (κ3) is 4.94. The van der Waals surface area contributed by atoms with Crippen LogP contribution in [0.5, 0.6) is 0 Å². The molecule has 2 aromatic carbocycles. The van der Waals surface area contributed by atoms with Gasteiger partial charge in [-0.2, -0.15) is 4.31 Å². The molecular weight excluding hydrogens is 386 g/mol. The Hall–Kier alpha value is -2.32. The largest absolute Gasteiger partial charge is 0.324 e. The molecule has 3 rings (SSSR count). The molecule has 0 aromatic heterocycles. The van der Waals surface area contributed by atoms with E-state index >= 15 is 0 Å². The SMILES string of the molecule is O=C(CCC1CCN(S(=O)(=O)c2ccccc2)CC1)Nc1ccc(F)cc1F. The molecule has 1 fully saturated rings. The van der Waals surface area contributed by atoms with Gasteiger partial charge in [0.05, 0.1) is 10.6 Å². The number of carbonyl (C=O) groups excluding carboxylic acids is 1. The first-order valence-corrected chi connectivity index (χ1v) is 10.6. The lowest BCUT2D eigenvalue weighted by atomic mass is 9.93. The monoisotopic (exact) mass is 408 g/mol. The van der Waals surface area contributed by atoms with Crippen LogP contribution in [0.2, 0.25) is 0 Å². The van der Waals surface area contributed by atoms with Gasteiger partial charge in [0.1, 0.15) is 11.6 Å². The van der Waals surface area contributed by atoms with Gasteiger partial charge in [-0.3, -0.25) is 4.79 Å². The molecular formula is C20H22F2N2O3S. The van der Waals surface area contributed by atoms with Gasteiger partial charge < -0.3 is 5.32 Å². The Kier molecular flexibility index (Phi) is 6.41. The van der Waals surface area contributed by atoms with Crippen LogP contribution in [0, 0.1) is 17.6 Å². The van der Waals surface area contributed by atoms with Crippen LogP contribution in [0.15, 0.2) is 53.4 Å². The molecule has 0 unspecified atom stereocenters. The molecule has 0 atom stereocenters. The Balaban J connectivity index is 1.47. The smallest absolute Gasteiger partial charge is 0.243 e. The summed E-state index contributed by atoms with van der Waals surface area (Å²) in [6.45, 7) is 0.826. The van der Waals surface area contributed by atoms with E-state index in [9.17, 15) is 22.0 Å². The molecule has 2 aromatic rings. The van der Waals surface area contributed by atoms with Crippen molar-refractivity contribution in [2.24, 2.45) is 5.92 Å². The zero-order chi connectivity index (χ0) is 20.1. The number of amides is 1. The van der Waals surface area contributed by atoms with Crippen molar-refractivity contribution in [3.05, 3.63) is 60.2 Å². The number of anilines is 1. The maximum Gasteiger partial charge on any atom is 0.243 e. The average molecular weight is 408 g/mol. The number of carbonyl (C=O) groups is 1. The second kappa shape index (κ2) is 8.79. The second-order valence-electron chi connectivity index (χ2n) is 6.87. The molecule has 28 heavy (non-hydrogen) atoms. The number of benzene rings is 2.